The van der Waals surface area contributed by atoms with E-state index in [0.29, 0.717) is 24.3 Å². The first-order valence-electron chi connectivity index (χ1n) is 8.47. The molecule has 2 N–H and O–H groups in total. The maximum atomic E-state index is 6.34. The lowest BCUT2D eigenvalue weighted by molar-refractivity contribution is 0.262. The van der Waals surface area contributed by atoms with E-state index in [-0.39, 0.29) is 6.04 Å². The quantitative estimate of drug-likeness (QED) is 0.917. The highest BCUT2D eigenvalue weighted by atomic mass is 16.5. The number of rotatable bonds is 4. The Morgan fingerprint density at radius 1 is 1.30 bits per heavy atom. The van der Waals surface area contributed by atoms with E-state index in [9.17, 15) is 0 Å². The lowest BCUT2D eigenvalue weighted by atomic mass is 10.0. The smallest absolute Gasteiger partial charge is 0.240 e. The van der Waals surface area contributed by atoms with Gasteiger partial charge in [-0.25, -0.2) is 4.98 Å². The fourth-order valence-corrected chi connectivity index (χ4v) is 3.95. The van der Waals surface area contributed by atoms with Crippen LogP contribution in [0.4, 0.5) is 0 Å². The number of hydrogen-bond donors (Lipinski definition) is 1. The summed E-state index contributed by atoms with van der Waals surface area (Å²) in [5, 5.41) is 4.18. The van der Waals surface area contributed by atoms with E-state index in [4.69, 9.17) is 10.3 Å². The van der Waals surface area contributed by atoms with Gasteiger partial charge in [-0.05, 0) is 12.8 Å². The van der Waals surface area contributed by atoms with Crippen molar-refractivity contribution in [2.75, 3.05) is 13.1 Å². The molecule has 0 amide bonds. The first kappa shape index (κ1) is 14.8. The van der Waals surface area contributed by atoms with Crippen LogP contribution in [-0.2, 0) is 13.6 Å². The molecule has 0 bridgehead atoms. The topological polar surface area (TPSA) is 86.0 Å². The minimum atomic E-state index is 0.114. The minimum absolute atomic E-state index is 0.114. The van der Waals surface area contributed by atoms with Crippen LogP contribution in [0, 0.1) is 0 Å². The third-order valence-corrected chi connectivity index (χ3v) is 5.24. The maximum absolute atomic E-state index is 6.34. The molecule has 124 valence electrons. The molecule has 1 aliphatic carbocycles. The Labute approximate surface area is 135 Å². The number of aromatic nitrogens is 4. The molecule has 0 aromatic carbocycles. The molecule has 0 radical (unpaired) electrons. The molecule has 1 saturated carbocycles. The summed E-state index contributed by atoms with van der Waals surface area (Å²) < 4.78 is 7.52. The van der Waals surface area contributed by atoms with Crippen LogP contribution in [0.25, 0.3) is 0 Å². The maximum Gasteiger partial charge on any atom is 0.240 e. The summed E-state index contributed by atoms with van der Waals surface area (Å²) in [6.07, 6.45) is 8.69. The van der Waals surface area contributed by atoms with Gasteiger partial charge in [-0.3, -0.25) is 4.90 Å². The van der Waals surface area contributed by atoms with Crippen LogP contribution in [0.3, 0.4) is 0 Å². The predicted molar refractivity (Wildman–Crippen MR) is 84.7 cm³/mol. The normalized spacial score (nSPS) is 26.3. The third kappa shape index (κ3) is 2.90. The number of nitrogens with zero attached hydrogens (tertiary/aromatic N) is 5. The van der Waals surface area contributed by atoms with Crippen LogP contribution in [0.1, 0.15) is 54.9 Å². The molecule has 1 saturated heterocycles. The zero-order valence-electron chi connectivity index (χ0n) is 13.6. The lowest BCUT2D eigenvalue weighted by Crippen LogP contribution is -2.29. The summed E-state index contributed by atoms with van der Waals surface area (Å²) in [7, 11) is 2.02. The van der Waals surface area contributed by atoms with E-state index < -0.39 is 0 Å². The molecule has 2 fully saturated rings. The van der Waals surface area contributed by atoms with Gasteiger partial charge in [-0.2, -0.15) is 4.98 Å². The zero-order chi connectivity index (χ0) is 15.8. The molecule has 3 heterocycles. The van der Waals surface area contributed by atoms with E-state index in [1.54, 1.807) is 0 Å². The second kappa shape index (κ2) is 6.05. The highest BCUT2D eigenvalue weighted by molar-refractivity contribution is 5.13. The van der Waals surface area contributed by atoms with Crippen molar-refractivity contribution in [3.8, 4) is 0 Å². The van der Waals surface area contributed by atoms with Gasteiger partial charge in [0.2, 0.25) is 5.89 Å². The van der Waals surface area contributed by atoms with Gasteiger partial charge in [0.1, 0.15) is 0 Å². The second-order valence-corrected chi connectivity index (χ2v) is 6.92. The SMILES string of the molecule is Cn1cncc1[C@@H]1CN(Cc2nc(C3CCCC3)no2)C[C@H]1N. The standard InChI is InChI=1S/C16H24N6O/c1-21-10-18-6-14(21)12-7-22(8-13(12)17)9-15-19-16(20-23-15)11-4-2-3-5-11/h6,10-13H,2-5,7-9,17H2,1H3/t12-,13-/m1/s1. The van der Waals surface area contributed by atoms with Crippen molar-refractivity contribution in [3.63, 3.8) is 0 Å². The molecule has 7 nitrogen and oxygen atoms in total. The van der Waals surface area contributed by atoms with Gasteiger partial charge >= 0.3 is 0 Å². The third-order valence-electron chi connectivity index (χ3n) is 5.24. The molecular weight excluding hydrogens is 292 g/mol. The Kier molecular flexibility index (Phi) is 3.90. The van der Waals surface area contributed by atoms with Gasteiger partial charge in [-0.15, -0.1) is 0 Å². The molecule has 2 aromatic heterocycles. The van der Waals surface area contributed by atoms with E-state index >= 15 is 0 Å². The van der Waals surface area contributed by atoms with Gasteiger partial charge < -0.3 is 14.8 Å². The average molecular weight is 316 g/mol. The van der Waals surface area contributed by atoms with E-state index in [2.05, 4.69) is 24.6 Å². The monoisotopic (exact) mass is 316 g/mol. The molecule has 4 rings (SSSR count). The molecule has 2 aromatic rings. The van der Waals surface area contributed by atoms with Gasteiger partial charge in [-0.1, -0.05) is 18.0 Å². The van der Waals surface area contributed by atoms with E-state index in [1.165, 1.54) is 31.4 Å². The molecule has 2 atom stereocenters. The number of hydrogen-bond acceptors (Lipinski definition) is 6. The van der Waals surface area contributed by atoms with E-state index in [1.807, 2.05) is 19.6 Å². The van der Waals surface area contributed by atoms with Crippen molar-refractivity contribution < 1.29 is 4.52 Å². The number of likely N-dealkylation sites (tertiary alicyclic amines) is 1. The van der Waals surface area contributed by atoms with E-state index in [0.717, 1.165) is 18.9 Å². The molecule has 0 unspecified atom stereocenters. The molecule has 2 aliphatic rings. The summed E-state index contributed by atoms with van der Waals surface area (Å²) in [6, 6.07) is 0.114. The van der Waals surface area contributed by atoms with Crippen LogP contribution >= 0.6 is 0 Å². The predicted octanol–water partition coefficient (Wildman–Crippen LogP) is 1.39. The Hall–Kier alpha value is -1.73. The Morgan fingerprint density at radius 3 is 2.87 bits per heavy atom. The van der Waals surface area contributed by atoms with Gasteiger partial charge in [0.15, 0.2) is 5.82 Å². The van der Waals surface area contributed by atoms with Crippen LogP contribution < -0.4 is 5.73 Å². The Balaban J connectivity index is 1.41. The average Bonchev–Trinajstić information content (AvgIpc) is 3.27. The van der Waals surface area contributed by atoms with Crippen molar-refractivity contribution in [2.24, 2.45) is 12.8 Å². The fraction of sp³-hybridized carbons (Fsp3) is 0.688. The molecular formula is C16H24N6O. The summed E-state index contributed by atoms with van der Waals surface area (Å²) >= 11 is 0. The van der Waals surface area contributed by atoms with Gasteiger partial charge in [0.05, 0.1) is 12.9 Å². The lowest BCUT2D eigenvalue weighted by Gasteiger charge is -2.14. The van der Waals surface area contributed by atoms with Crippen LogP contribution in [0.15, 0.2) is 17.0 Å². The van der Waals surface area contributed by atoms with Crippen LogP contribution in [0.5, 0.6) is 0 Å². The highest BCUT2D eigenvalue weighted by Gasteiger charge is 2.34. The molecule has 23 heavy (non-hydrogen) atoms. The summed E-state index contributed by atoms with van der Waals surface area (Å²) in [4.78, 5) is 11.1. The molecule has 7 heteroatoms. The largest absolute Gasteiger partial charge is 0.338 e. The van der Waals surface area contributed by atoms with Crippen molar-refractivity contribution in [1.29, 1.82) is 0 Å². The summed E-state index contributed by atoms with van der Waals surface area (Å²) in [6.45, 7) is 2.43. The second-order valence-electron chi connectivity index (χ2n) is 6.92. The van der Waals surface area contributed by atoms with Gasteiger partial charge in [0.25, 0.3) is 0 Å². The van der Waals surface area contributed by atoms with Crippen LogP contribution in [-0.4, -0.2) is 43.7 Å². The molecule has 1 aliphatic heterocycles. The number of aryl methyl sites for hydroxylation is 1. The minimum Gasteiger partial charge on any atom is -0.338 e. The highest BCUT2D eigenvalue weighted by Crippen LogP contribution is 2.32. The first-order valence-corrected chi connectivity index (χ1v) is 8.47. The van der Waals surface area contributed by atoms with Crippen LogP contribution in [0.2, 0.25) is 0 Å². The van der Waals surface area contributed by atoms with Crippen molar-refractivity contribution in [3.05, 3.63) is 29.9 Å². The fourth-order valence-electron chi connectivity index (χ4n) is 3.95. The summed E-state index contributed by atoms with van der Waals surface area (Å²) in [5.41, 5.74) is 7.53. The zero-order valence-corrected chi connectivity index (χ0v) is 13.6. The Bertz CT molecular complexity index is 659. The summed E-state index contributed by atoms with van der Waals surface area (Å²) in [5.74, 6) is 2.41. The molecule has 0 spiro atoms. The number of nitrogens with two attached hydrogens (primary N) is 1. The van der Waals surface area contributed by atoms with Crippen molar-refractivity contribution in [2.45, 2.75) is 50.1 Å². The van der Waals surface area contributed by atoms with Crippen molar-refractivity contribution in [1.82, 2.24) is 24.6 Å². The van der Waals surface area contributed by atoms with Crippen molar-refractivity contribution >= 4 is 0 Å². The van der Waals surface area contributed by atoms with Gasteiger partial charge in [0, 0.05) is 49.9 Å². The Morgan fingerprint density at radius 2 is 2.13 bits per heavy atom. The number of imidazole rings is 1. The first-order chi connectivity index (χ1) is 11.2.